The van der Waals surface area contributed by atoms with Crippen molar-refractivity contribution >= 4 is 40.4 Å². The van der Waals surface area contributed by atoms with Crippen molar-refractivity contribution in [1.29, 1.82) is 0 Å². The van der Waals surface area contributed by atoms with E-state index in [1.54, 1.807) is 18.2 Å². The van der Waals surface area contributed by atoms with Crippen molar-refractivity contribution in [3.63, 3.8) is 0 Å². The quantitative estimate of drug-likeness (QED) is 0.558. The smallest absolute Gasteiger partial charge is 0.282 e. The summed E-state index contributed by atoms with van der Waals surface area (Å²) in [6, 6.07) is 20.4. The normalized spacial score (nSPS) is 13.9. The van der Waals surface area contributed by atoms with Gasteiger partial charge in [-0.25, -0.2) is 4.90 Å². The zero-order valence-electron chi connectivity index (χ0n) is 17.0. The van der Waals surface area contributed by atoms with Crippen LogP contribution in [0.15, 0.2) is 72.4 Å². The molecule has 1 aliphatic rings. The number of nitrogens with one attached hydrogen (secondary N) is 1. The highest BCUT2D eigenvalue weighted by molar-refractivity contribution is 6.46. The highest BCUT2D eigenvalue weighted by Crippen LogP contribution is 2.35. The molecule has 4 nitrogen and oxygen atoms in total. The number of rotatable bonds is 4. The van der Waals surface area contributed by atoms with E-state index in [2.05, 4.69) is 5.32 Å². The van der Waals surface area contributed by atoms with Crippen molar-refractivity contribution in [3.8, 4) is 0 Å². The third kappa shape index (κ3) is 3.62. The van der Waals surface area contributed by atoms with Crippen molar-refractivity contribution in [3.05, 3.63) is 99.7 Å². The van der Waals surface area contributed by atoms with Gasteiger partial charge in [0, 0.05) is 10.7 Å². The summed E-state index contributed by atoms with van der Waals surface area (Å²) >= 11 is 6.16. The van der Waals surface area contributed by atoms with Gasteiger partial charge in [0.15, 0.2) is 0 Å². The van der Waals surface area contributed by atoms with Crippen LogP contribution in [0.4, 0.5) is 11.4 Å². The van der Waals surface area contributed by atoms with Gasteiger partial charge in [-0.2, -0.15) is 0 Å². The van der Waals surface area contributed by atoms with Crippen LogP contribution < -0.4 is 10.2 Å². The number of hydrogen-bond acceptors (Lipinski definition) is 3. The fraction of sp³-hybridized carbons (Fsp3) is 0.120. The van der Waals surface area contributed by atoms with E-state index in [1.807, 2.05) is 69.3 Å². The Morgan fingerprint density at radius 3 is 2.23 bits per heavy atom. The number of anilines is 2. The highest BCUT2D eigenvalue weighted by Gasteiger charge is 2.40. The molecule has 30 heavy (non-hydrogen) atoms. The molecule has 4 rings (SSSR count). The molecule has 0 saturated carbocycles. The summed E-state index contributed by atoms with van der Waals surface area (Å²) in [6.07, 6.45) is 0. The molecule has 3 aromatic carbocycles. The Hall–Kier alpha value is -3.37. The van der Waals surface area contributed by atoms with Crippen molar-refractivity contribution in [2.45, 2.75) is 20.8 Å². The van der Waals surface area contributed by atoms with Gasteiger partial charge < -0.3 is 5.32 Å². The van der Waals surface area contributed by atoms with Crippen LogP contribution in [0.3, 0.4) is 0 Å². The lowest BCUT2D eigenvalue weighted by Gasteiger charge is -2.16. The average molecular weight is 417 g/mol. The van der Waals surface area contributed by atoms with E-state index in [1.165, 1.54) is 4.90 Å². The summed E-state index contributed by atoms with van der Waals surface area (Å²) in [7, 11) is 0. The highest BCUT2D eigenvalue weighted by atomic mass is 35.5. The minimum Gasteiger partial charge on any atom is -0.350 e. The van der Waals surface area contributed by atoms with Crippen LogP contribution in [0, 0.1) is 20.8 Å². The summed E-state index contributed by atoms with van der Waals surface area (Å²) in [5.74, 6) is -0.739. The lowest BCUT2D eigenvalue weighted by Crippen LogP contribution is -2.32. The van der Waals surface area contributed by atoms with Gasteiger partial charge in [0.1, 0.15) is 5.70 Å². The number of nitrogens with zero attached hydrogens (tertiary/aromatic N) is 1. The molecule has 0 atom stereocenters. The molecular formula is C25H21ClN2O2. The van der Waals surface area contributed by atoms with Gasteiger partial charge in [-0.1, -0.05) is 59.6 Å². The summed E-state index contributed by atoms with van der Waals surface area (Å²) < 4.78 is 0. The number of benzene rings is 3. The Morgan fingerprint density at radius 2 is 1.53 bits per heavy atom. The van der Waals surface area contributed by atoms with E-state index in [-0.39, 0.29) is 17.5 Å². The average Bonchev–Trinajstić information content (AvgIpc) is 2.95. The van der Waals surface area contributed by atoms with Crippen LogP contribution in [0.1, 0.15) is 22.3 Å². The van der Waals surface area contributed by atoms with Crippen LogP contribution in [0.25, 0.3) is 5.57 Å². The van der Waals surface area contributed by atoms with Gasteiger partial charge in [0.2, 0.25) is 0 Å². The van der Waals surface area contributed by atoms with E-state index < -0.39 is 0 Å². The molecule has 1 heterocycles. The third-order valence-corrected chi connectivity index (χ3v) is 5.38. The van der Waals surface area contributed by atoms with Gasteiger partial charge in [0.25, 0.3) is 11.8 Å². The molecule has 2 amide bonds. The molecule has 0 radical (unpaired) electrons. The fourth-order valence-electron chi connectivity index (χ4n) is 3.50. The largest absolute Gasteiger partial charge is 0.350 e. The molecule has 3 aromatic rings. The summed E-state index contributed by atoms with van der Waals surface area (Å²) in [4.78, 5) is 28.1. The molecule has 0 spiro atoms. The molecule has 1 N–H and O–H groups in total. The van der Waals surface area contributed by atoms with Gasteiger partial charge in [0.05, 0.1) is 11.3 Å². The van der Waals surface area contributed by atoms with Crippen LogP contribution in [0.2, 0.25) is 5.02 Å². The van der Waals surface area contributed by atoms with Gasteiger partial charge in [-0.15, -0.1) is 0 Å². The predicted molar refractivity (Wildman–Crippen MR) is 122 cm³/mol. The van der Waals surface area contributed by atoms with Gasteiger partial charge >= 0.3 is 0 Å². The second-order valence-electron chi connectivity index (χ2n) is 7.48. The molecule has 0 unspecified atom stereocenters. The molecule has 0 aliphatic carbocycles. The molecular weight excluding hydrogens is 396 g/mol. The second-order valence-corrected chi connectivity index (χ2v) is 7.92. The van der Waals surface area contributed by atoms with Crippen molar-refractivity contribution < 1.29 is 9.59 Å². The Labute approximate surface area is 180 Å². The maximum Gasteiger partial charge on any atom is 0.282 e. The number of carbonyl (C=O) groups is 2. The number of aryl methyl sites for hydroxylation is 3. The minimum atomic E-state index is -0.388. The number of halogens is 1. The Balaban J connectivity index is 1.85. The van der Waals surface area contributed by atoms with Crippen molar-refractivity contribution in [2.75, 3.05) is 10.2 Å². The first-order valence-electron chi connectivity index (χ1n) is 9.65. The maximum absolute atomic E-state index is 13.4. The SMILES string of the molecule is Cc1ccc(C2=C(Nc3cc(Cl)ccc3C)C(=O)N(c3cccc(C)c3)C2=O)cc1. The number of imide groups is 1. The van der Waals surface area contributed by atoms with Crippen LogP contribution in [-0.2, 0) is 9.59 Å². The number of hydrogen-bond donors (Lipinski definition) is 1. The fourth-order valence-corrected chi connectivity index (χ4v) is 3.67. The van der Waals surface area contributed by atoms with E-state index in [0.29, 0.717) is 27.5 Å². The predicted octanol–water partition coefficient (Wildman–Crippen LogP) is 5.66. The zero-order valence-corrected chi connectivity index (χ0v) is 17.7. The first-order valence-corrected chi connectivity index (χ1v) is 10.0. The lowest BCUT2D eigenvalue weighted by atomic mass is 10.0. The maximum atomic E-state index is 13.4. The Bertz CT molecular complexity index is 1200. The lowest BCUT2D eigenvalue weighted by molar-refractivity contribution is -0.120. The van der Waals surface area contributed by atoms with E-state index in [9.17, 15) is 9.59 Å². The third-order valence-electron chi connectivity index (χ3n) is 5.14. The number of amides is 2. The van der Waals surface area contributed by atoms with Crippen molar-refractivity contribution in [1.82, 2.24) is 0 Å². The summed E-state index contributed by atoms with van der Waals surface area (Å²) in [5.41, 5.74) is 5.49. The molecule has 0 aromatic heterocycles. The minimum absolute atomic E-state index is 0.246. The molecule has 0 bridgehead atoms. The van der Waals surface area contributed by atoms with Crippen LogP contribution >= 0.6 is 11.6 Å². The van der Waals surface area contributed by atoms with E-state index >= 15 is 0 Å². The van der Waals surface area contributed by atoms with E-state index in [0.717, 1.165) is 16.7 Å². The molecule has 5 heteroatoms. The first kappa shape index (κ1) is 19.9. The monoisotopic (exact) mass is 416 g/mol. The standard InChI is InChI=1S/C25H21ClN2O2/c1-15-7-10-18(11-8-15)22-23(27-21-14-19(26)12-9-17(21)3)25(30)28(24(22)29)20-6-4-5-16(2)13-20/h4-14,27H,1-3H3. The Kier molecular flexibility index (Phi) is 5.18. The Morgan fingerprint density at radius 1 is 0.800 bits per heavy atom. The van der Waals surface area contributed by atoms with Crippen LogP contribution in [0.5, 0.6) is 0 Å². The van der Waals surface area contributed by atoms with Gasteiger partial charge in [-0.3, -0.25) is 9.59 Å². The van der Waals surface area contributed by atoms with Crippen molar-refractivity contribution in [2.24, 2.45) is 0 Å². The first-order chi connectivity index (χ1) is 14.3. The summed E-state index contributed by atoms with van der Waals surface area (Å²) in [6.45, 7) is 5.83. The summed E-state index contributed by atoms with van der Waals surface area (Å²) in [5, 5.41) is 3.74. The van der Waals surface area contributed by atoms with E-state index in [4.69, 9.17) is 11.6 Å². The van der Waals surface area contributed by atoms with Crippen LogP contribution in [-0.4, -0.2) is 11.8 Å². The molecule has 1 aliphatic heterocycles. The number of carbonyl (C=O) groups excluding carboxylic acids is 2. The molecule has 150 valence electrons. The molecule has 0 saturated heterocycles. The topological polar surface area (TPSA) is 49.4 Å². The zero-order chi connectivity index (χ0) is 21.4. The van der Waals surface area contributed by atoms with Gasteiger partial charge in [-0.05, 0) is 61.7 Å². The second kappa shape index (κ2) is 7.81. The molecule has 0 fully saturated rings.